The predicted octanol–water partition coefficient (Wildman–Crippen LogP) is 23.6. The first-order valence-electron chi connectivity index (χ1n) is 40.0. The van der Waals surface area contributed by atoms with E-state index in [9.17, 15) is 43.2 Å². The Morgan fingerprint density at radius 1 is 0.283 bits per heavy atom. The second kappa shape index (κ2) is 77.3. The first kappa shape index (κ1) is 100. The summed E-state index contributed by atoms with van der Waals surface area (Å²) in [6.45, 7) is 4.32. The summed E-state index contributed by atoms with van der Waals surface area (Å²) in [6.07, 6.45) is 93.3. The average Bonchev–Trinajstić information content (AvgIpc) is 0.909. The second-order valence-corrected chi connectivity index (χ2v) is 28.8. The number of carbonyl (C=O) groups excluding carboxylic acids is 4. The summed E-state index contributed by atoms with van der Waals surface area (Å²) in [5, 5.41) is 10.6. The number of aliphatic hydroxyl groups excluding tert-OH is 1. The fraction of sp³-hybridized carbons (Fsp3) is 0.609. The smallest absolute Gasteiger partial charge is 0.462 e. The molecular formula is C87H140O17P2. The van der Waals surface area contributed by atoms with Crippen LogP contribution in [0.15, 0.2) is 182 Å². The Labute approximate surface area is 641 Å². The Balaban J connectivity index is 5.50. The Kier molecular flexibility index (Phi) is 73.1. The monoisotopic (exact) mass is 1520 g/mol. The molecule has 0 aliphatic rings. The maximum Gasteiger partial charge on any atom is 0.472 e. The number of hydrogen-bond donors (Lipinski definition) is 3. The van der Waals surface area contributed by atoms with Crippen molar-refractivity contribution in [3.05, 3.63) is 182 Å². The Morgan fingerprint density at radius 2 is 0.528 bits per heavy atom. The summed E-state index contributed by atoms with van der Waals surface area (Å²) in [6, 6.07) is 0. The van der Waals surface area contributed by atoms with Gasteiger partial charge in [-0.25, -0.2) is 9.13 Å². The van der Waals surface area contributed by atoms with E-state index >= 15 is 0 Å². The second-order valence-electron chi connectivity index (χ2n) is 25.9. The van der Waals surface area contributed by atoms with Crippen LogP contribution < -0.4 is 0 Å². The maximum atomic E-state index is 13.1. The largest absolute Gasteiger partial charge is 0.472 e. The number of phosphoric acid groups is 2. The van der Waals surface area contributed by atoms with Gasteiger partial charge in [0.2, 0.25) is 0 Å². The van der Waals surface area contributed by atoms with Crippen LogP contribution >= 0.6 is 15.6 Å². The highest BCUT2D eigenvalue weighted by atomic mass is 31.2. The van der Waals surface area contributed by atoms with Crippen molar-refractivity contribution in [1.29, 1.82) is 0 Å². The van der Waals surface area contributed by atoms with E-state index in [1.165, 1.54) is 38.5 Å². The molecule has 3 N–H and O–H groups in total. The molecule has 5 atom stereocenters. The Hall–Kier alpha value is -5.84. The summed E-state index contributed by atoms with van der Waals surface area (Å²) in [5.74, 6) is -2.41. The van der Waals surface area contributed by atoms with Crippen LogP contribution in [0.5, 0.6) is 0 Å². The molecule has 600 valence electrons. The fourth-order valence-electron chi connectivity index (χ4n) is 9.89. The number of carbonyl (C=O) groups is 4. The zero-order valence-electron chi connectivity index (χ0n) is 65.5. The molecule has 0 aliphatic carbocycles. The van der Waals surface area contributed by atoms with E-state index in [1.54, 1.807) is 12.2 Å². The van der Waals surface area contributed by atoms with Crippen LogP contribution in [0.2, 0.25) is 0 Å². The Morgan fingerprint density at radius 3 is 0.858 bits per heavy atom. The topological polar surface area (TPSA) is 237 Å². The highest BCUT2D eigenvalue weighted by molar-refractivity contribution is 7.47. The van der Waals surface area contributed by atoms with Crippen LogP contribution in [0.1, 0.15) is 285 Å². The first-order valence-corrected chi connectivity index (χ1v) is 43.0. The molecule has 0 rings (SSSR count). The standard InChI is InChI=1S/C87H140O17P2/c1-5-9-13-17-21-25-29-33-37-39-40-42-46-48-52-56-60-64-68-72-85(90)98-78-83(104-87(92)74-70-66-62-58-54-50-44-36-32-28-24-20-16-12-8-4)80-102-106(95,96)100-76-81(88)75-99-105(93,94)101-79-82(103-86(91)73-69-65-61-57-53-49-43-35-31-27-23-19-15-11-7-3)77-97-84(89)71-67-63-59-55-51-47-45-41-38-34-30-26-22-18-14-10-6-2/h9-10,12-14,16,21-22,24-26,28,33-38,40,42-45,47-48,52,54,58,66,70,81-83,88H,5-8,11,15,17-20,23,27,29-32,39,41,46,49-51,53,55-57,59-65,67-69,71-80H2,1-4H3,(H,93,94)(H,95,96)/b13-9-,14-10-,16-12-,25-21-,26-22-,28-24-,37-33-,38-34-,42-40-,43-35-,44-36-,47-45-,52-48-,58-54-,70-66-. The summed E-state index contributed by atoms with van der Waals surface area (Å²) in [4.78, 5) is 73.0. The van der Waals surface area contributed by atoms with Crippen LogP contribution in [0, 0.1) is 0 Å². The van der Waals surface area contributed by atoms with E-state index in [4.69, 9.17) is 37.0 Å². The van der Waals surface area contributed by atoms with Gasteiger partial charge in [-0.2, -0.15) is 0 Å². The van der Waals surface area contributed by atoms with Gasteiger partial charge in [0.05, 0.1) is 32.8 Å². The molecule has 0 saturated carbocycles. The number of phosphoric ester groups is 2. The third kappa shape index (κ3) is 76.4. The minimum atomic E-state index is -5.02. The molecule has 0 aromatic rings. The van der Waals surface area contributed by atoms with Gasteiger partial charge in [-0.15, -0.1) is 0 Å². The van der Waals surface area contributed by atoms with Crippen molar-refractivity contribution in [2.45, 2.75) is 303 Å². The molecule has 19 heteroatoms. The number of unbranched alkanes of at least 4 members (excludes halogenated alkanes) is 18. The zero-order chi connectivity index (χ0) is 77.4. The van der Waals surface area contributed by atoms with Crippen molar-refractivity contribution in [3.63, 3.8) is 0 Å². The number of esters is 4. The molecule has 0 bridgehead atoms. The third-order valence-electron chi connectivity index (χ3n) is 15.9. The van der Waals surface area contributed by atoms with Gasteiger partial charge in [0.25, 0.3) is 0 Å². The molecule has 0 heterocycles. The quantitative estimate of drug-likeness (QED) is 0.0169. The van der Waals surface area contributed by atoms with E-state index in [1.807, 2.05) is 12.2 Å². The normalized spacial score (nSPS) is 14.8. The van der Waals surface area contributed by atoms with Crippen molar-refractivity contribution >= 4 is 39.5 Å². The zero-order valence-corrected chi connectivity index (χ0v) is 67.3. The van der Waals surface area contributed by atoms with Crippen molar-refractivity contribution in [2.75, 3.05) is 39.6 Å². The molecule has 0 aromatic carbocycles. The lowest BCUT2D eigenvalue weighted by atomic mass is 10.1. The minimum Gasteiger partial charge on any atom is -0.462 e. The number of aliphatic hydroxyl groups is 1. The molecule has 17 nitrogen and oxygen atoms in total. The van der Waals surface area contributed by atoms with Crippen molar-refractivity contribution in [3.8, 4) is 0 Å². The van der Waals surface area contributed by atoms with Gasteiger partial charge < -0.3 is 33.8 Å². The third-order valence-corrected chi connectivity index (χ3v) is 17.8. The number of allylic oxidation sites excluding steroid dienone is 29. The lowest BCUT2D eigenvalue weighted by molar-refractivity contribution is -0.161. The molecule has 0 aliphatic heterocycles. The molecule has 0 radical (unpaired) electrons. The van der Waals surface area contributed by atoms with Crippen LogP contribution in [0.4, 0.5) is 0 Å². The van der Waals surface area contributed by atoms with Crippen LogP contribution in [-0.2, 0) is 65.4 Å². The first-order chi connectivity index (χ1) is 51.7. The summed E-state index contributed by atoms with van der Waals surface area (Å²) < 4.78 is 68.4. The lowest BCUT2D eigenvalue weighted by Crippen LogP contribution is -2.30. The van der Waals surface area contributed by atoms with Gasteiger partial charge in [0.1, 0.15) is 19.3 Å². The molecule has 0 spiro atoms. The van der Waals surface area contributed by atoms with Crippen LogP contribution in [-0.4, -0.2) is 96.7 Å². The van der Waals surface area contributed by atoms with Gasteiger partial charge in [0.15, 0.2) is 12.2 Å². The molecular weight excluding hydrogens is 1380 g/mol. The molecule has 0 aromatic heterocycles. The van der Waals surface area contributed by atoms with Gasteiger partial charge in [-0.1, -0.05) is 281 Å². The molecule has 106 heavy (non-hydrogen) atoms. The molecule has 0 amide bonds. The number of ether oxygens (including phenoxy) is 4. The highest BCUT2D eigenvalue weighted by Gasteiger charge is 2.30. The SMILES string of the molecule is CC/C=C\C/C=C\C/C=C\C/C=C\C/C=C\CCCCCC(=O)OCC(COP(=O)(O)OCC(O)COP(=O)(O)OCC(COC(=O)CCCCCC/C=C\C/C=C\C/C=C\C/C=C\CC)OC(=O)CCCCCCC/C=C\CCCCCCCC)OC(=O)C/C=C\C/C=C\C/C=C\C/C=C\C/C=C\CC. The number of hydrogen-bond acceptors (Lipinski definition) is 15. The lowest BCUT2D eigenvalue weighted by Gasteiger charge is -2.21. The Bertz CT molecular complexity index is 2730. The summed E-state index contributed by atoms with van der Waals surface area (Å²) >= 11 is 0. The average molecular weight is 1520 g/mol. The predicted molar refractivity (Wildman–Crippen MR) is 436 cm³/mol. The van der Waals surface area contributed by atoms with E-state index in [0.717, 1.165) is 167 Å². The molecule has 0 fully saturated rings. The van der Waals surface area contributed by atoms with Crippen molar-refractivity contribution in [2.24, 2.45) is 0 Å². The van der Waals surface area contributed by atoms with Gasteiger partial charge in [0, 0.05) is 19.3 Å². The maximum absolute atomic E-state index is 13.1. The van der Waals surface area contributed by atoms with Crippen LogP contribution in [0.3, 0.4) is 0 Å². The fourth-order valence-corrected chi connectivity index (χ4v) is 11.5. The number of rotatable bonds is 73. The van der Waals surface area contributed by atoms with Crippen molar-refractivity contribution < 1.29 is 80.2 Å². The van der Waals surface area contributed by atoms with E-state index in [0.29, 0.717) is 25.7 Å². The highest BCUT2D eigenvalue weighted by Crippen LogP contribution is 2.45. The van der Waals surface area contributed by atoms with E-state index < -0.39 is 97.5 Å². The molecule has 0 saturated heterocycles. The van der Waals surface area contributed by atoms with Gasteiger partial charge in [-0.3, -0.25) is 37.3 Å². The van der Waals surface area contributed by atoms with Crippen molar-refractivity contribution in [1.82, 2.24) is 0 Å². The van der Waals surface area contributed by atoms with Crippen LogP contribution in [0.25, 0.3) is 0 Å². The molecule has 5 unspecified atom stereocenters. The van der Waals surface area contributed by atoms with Gasteiger partial charge >= 0.3 is 39.5 Å². The summed E-state index contributed by atoms with van der Waals surface area (Å²) in [5.41, 5.74) is 0. The summed E-state index contributed by atoms with van der Waals surface area (Å²) in [7, 11) is -10.0. The minimum absolute atomic E-state index is 0.0702. The van der Waals surface area contributed by atoms with E-state index in [2.05, 4.69) is 186 Å². The van der Waals surface area contributed by atoms with Gasteiger partial charge in [-0.05, 0) is 161 Å². The van der Waals surface area contributed by atoms with E-state index in [-0.39, 0.29) is 25.7 Å².